The number of nitrogens with zero attached hydrogens (tertiary/aromatic N) is 2. The van der Waals surface area contributed by atoms with E-state index in [1.165, 1.54) is 5.06 Å². The lowest BCUT2D eigenvalue weighted by molar-refractivity contribution is -0.247. The van der Waals surface area contributed by atoms with E-state index in [4.69, 9.17) is 27.9 Å². The summed E-state index contributed by atoms with van der Waals surface area (Å²) in [4.78, 5) is 10.8. The van der Waals surface area contributed by atoms with Crippen LogP contribution in [0.15, 0.2) is 23.2 Å². The summed E-state index contributed by atoms with van der Waals surface area (Å²) in [6.07, 6.45) is 1.84. The van der Waals surface area contributed by atoms with Gasteiger partial charge in [-0.05, 0) is 18.9 Å². The number of aliphatic imine (C=N–C) groups is 1. The number of ether oxygens (including phenoxy) is 2. The molecule has 1 aromatic carbocycles. The van der Waals surface area contributed by atoms with E-state index in [1.807, 2.05) is 18.2 Å². The van der Waals surface area contributed by atoms with E-state index < -0.39 is 11.3 Å². The Kier molecular flexibility index (Phi) is 3.15. The van der Waals surface area contributed by atoms with Gasteiger partial charge in [-0.1, -0.05) is 24.5 Å². The second-order valence-electron chi connectivity index (χ2n) is 6.56. The lowest BCUT2D eigenvalue weighted by Gasteiger charge is -2.51. The third kappa shape index (κ3) is 1.99. The highest BCUT2D eigenvalue weighted by molar-refractivity contribution is 6.32. The summed E-state index contributed by atoms with van der Waals surface area (Å²) < 4.78 is 12.1. The highest BCUT2D eigenvalue weighted by atomic mass is 16.7. The van der Waals surface area contributed by atoms with Crippen molar-refractivity contribution in [2.24, 2.45) is 16.6 Å². The van der Waals surface area contributed by atoms with E-state index in [0.717, 1.165) is 30.8 Å². The predicted molar refractivity (Wildman–Crippen MR) is 86.6 cm³/mol. The fourth-order valence-corrected chi connectivity index (χ4v) is 3.83. The Morgan fingerprint density at radius 1 is 1.43 bits per heavy atom. The average molecular weight is 313 g/mol. The van der Waals surface area contributed by atoms with Crippen LogP contribution in [-0.4, -0.2) is 44.7 Å². The predicted octanol–water partition coefficient (Wildman–Crippen LogP) is 0.403. The molecule has 1 saturated heterocycles. The summed E-state index contributed by atoms with van der Waals surface area (Å²) in [5.74, 6) is 1.00. The Labute approximate surface area is 137 Å². The van der Waals surface area contributed by atoms with E-state index in [9.17, 15) is 0 Å². The second kappa shape index (κ2) is 4.88. The molecule has 6 nitrogen and oxygen atoms in total. The highest BCUT2D eigenvalue weighted by Gasteiger charge is 2.60. The Hall–Kier alpha value is -1.73. The van der Waals surface area contributed by atoms with Gasteiger partial charge in [0.2, 0.25) is 11.7 Å². The summed E-state index contributed by atoms with van der Waals surface area (Å²) >= 11 is 0. The molecule has 1 fully saturated rings. The molecule has 7 heteroatoms. The van der Waals surface area contributed by atoms with E-state index in [-0.39, 0.29) is 5.92 Å². The summed E-state index contributed by atoms with van der Waals surface area (Å²) in [6, 6.07) is 5.56. The summed E-state index contributed by atoms with van der Waals surface area (Å²) in [6.45, 7) is 3.35. The van der Waals surface area contributed by atoms with Gasteiger partial charge in [-0.3, -0.25) is 0 Å². The van der Waals surface area contributed by atoms with Crippen LogP contribution in [0, 0.1) is 5.92 Å². The molecular weight excluding hydrogens is 293 g/mol. The number of nitrogens with two attached hydrogens (primary N) is 1. The van der Waals surface area contributed by atoms with Gasteiger partial charge in [0.15, 0.2) is 0 Å². The quantitative estimate of drug-likeness (QED) is 0.702. The maximum absolute atomic E-state index is 6.40. The number of hydrogen-bond donors (Lipinski definition) is 1. The molecule has 3 aliphatic rings. The molecule has 4 rings (SSSR count). The lowest BCUT2D eigenvalue weighted by atomic mass is 9.72. The van der Waals surface area contributed by atoms with Gasteiger partial charge < -0.3 is 15.2 Å². The van der Waals surface area contributed by atoms with Crippen LogP contribution in [0.4, 0.5) is 0 Å². The van der Waals surface area contributed by atoms with Gasteiger partial charge in [-0.15, -0.1) is 0 Å². The number of rotatable bonds is 0. The first-order valence-electron chi connectivity index (χ1n) is 7.92. The molecule has 0 amide bonds. The van der Waals surface area contributed by atoms with Crippen molar-refractivity contribution in [3.63, 3.8) is 0 Å². The second-order valence-corrected chi connectivity index (χ2v) is 6.56. The number of hydroxylamine groups is 2. The number of hydrogen-bond acceptors (Lipinski definition) is 6. The third-order valence-electron chi connectivity index (χ3n) is 5.19. The maximum Gasteiger partial charge on any atom is 0.224 e. The van der Waals surface area contributed by atoms with Crippen LogP contribution in [0.3, 0.4) is 0 Å². The fourth-order valence-electron chi connectivity index (χ4n) is 3.83. The van der Waals surface area contributed by atoms with Crippen molar-refractivity contribution in [3.05, 3.63) is 23.8 Å². The molecule has 3 atom stereocenters. The largest absolute Gasteiger partial charge is 0.484 e. The maximum atomic E-state index is 6.40. The standard InChI is InChI=1S/C16H20BN3O3/c1-10-15(6-3-7-21-9-15)22-13-5-4-11(17)8-12(13)16(10)19-14(18)20(2)23-16/h4-5,8,10H,3,6-7,9H2,1-2H3,(H2,18,19). The van der Waals surface area contributed by atoms with E-state index in [1.54, 1.807) is 7.05 Å². The SMILES string of the molecule is [B]c1ccc2c(c1)C1(N=C(N)N(C)O1)C(C)C1(CCCOC1)O2. The molecule has 0 aliphatic carbocycles. The van der Waals surface area contributed by atoms with Gasteiger partial charge in [0.05, 0.1) is 18.1 Å². The molecule has 2 spiro atoms. The van der Waals surface area contributed by atoms with E-state index in [2.05, 4.69) is 11.9 Å². The smallest absolute Gasteiger partial charge is 0.224 e. The minimum Gasteiger partial charge on any atom is -0.484 e. The van der Waals surface area contributed by atoms with Crippen molar-refractivity contribution >= 4 is 19.3 Å². The van der Waals surface area contributed by atoms with Crippen LogP contribution in [0.2, 0.25) is 0 Å². The Morgan fingerprint density at radius 3 is 2.91 bits per heavy atom. The monoisotopic (exact) mass is 313 g/mol. The molecule has 120 valence electrons. The van der Waals surface area contributed by atoms with Crippen LogP contribution in [0.1, 0.15) is 25.3 Å². The fraction of sp³-hybridized carbons (Fsp3) is 0.562. The first-order chi connectivity index (χ1) is 11.0. The van der Waals surface area contributed by atoms with Gasteiger partial charge in [0, 0.05) is 13.7 Å². The third-order valence-corrected chi connectivity index (χ3v) is 5.19. The van der Waals surface area contributed by atoms with Crippen LogP contribution < -0.4 is 15.9 Å². The molecule has 0 bridgehead atoms. The Bertz CT molecular complexity index is 675. The number of benzene rings is 1. The van der Waals surface area contributed by atoms with Gasteiger partial charge in [-0.25, -0.2) is 14.9 Å². The summed E-state index contributed by atoms with van der Waals surface area (Å²) in [5.41, 5.74) is 6.06. The van der Waals surface area contributed by atoms with Crippen LogP contribution in [0.25, 0.3) is 0 Å². The minimum absolute atomic E-state index is 0.0758. The van der Waals surface area contributed by atoms with Crippen LogP contribution >= 0.6 is 0 Å². The van der Waals surface area contributed by atoms with Crippen molar-refractivity contribution in [2.75, 3.05) is 20.3 Å². The molecule has 0 aromatic heterocycles. The molecule has 3 aliphatic heterocycles. The highest BCUT2D eigenvalue weighted by Crippen LogP contribution is 2.54. The molecule has 2 radical (unpaired) electrons. The van der Waals surface area contributed by atoms with E-state index in [0.29, 0.717) is 18.0 Å². The lowest BCUT2D eigenvalue weighted by Crippen LogP contribution is -2.59. The zero-order valence-electron chi connectivity index (χ0n) is 13.4. The van der Waals surface area contributed by atoms with Crippen LogP contribution in [0.5, 0.6) is 5.75 Å². The number of guanidine groups is 1. The van der Waals surface area contributed by atoms with Gasteiger partial charge in [0.25, 0.3) is 0 Å². The average Bonchev–Trinajstić information content (AvgIpc) is 2.84. The molecule has 0 saturated carbocycles. The van der Waals surface area contributed by atoms with Crippen LogP contribution in [-0.2, 0) is 15.3 Å². The number of fused-ring (bicyclic) bond motifs is 2. The molecule has 23 heavy (non-hydrogen) atoms. The van der Waals surface area contributed by atoms with Gasteiger partial charge >= 0.3 is 0 Å². The van der Waals surface area contributed by atoms with Crippen molar-refractivity contribution in [2.45, 2.75) is 31.1 Å². The zero-order valence-corrected chi connectivity index (χ0v) is 13.4. The molecule has 1 aromatic rings. The first-order valence-corrected chi connectivity index (χ1v) is 7.92. The first kappa shape index (κ1) is 14.8. The zero-order chi connectivity index (χ0) is 16.2. The van der Waals surface area contributed by atoms with Crippen molar-refractivity contribution in [1.82, 2.24) is 5.06 Å². The van der Waals surface area contributed by atoms with Crippen molar-refractivity contribution in [3.8, 4) is 5.75 Å². The van der Waals surface area contributed by atoms with Crippen molar-refractivity contribution in [1.29, 1.82) is 0 Å². The molecule has 3 unspecified atom stereocenters. The summed E-state index contributed by atoms with van der Waals surface area (Å²) in [7, 11) is 7.74. The summed E-state index contributed by atoms with van der Waals surface area (Å²) in [5, 5.41) is 1.51. The molecule has 3 heterocycles. The minimum atomic E-state index is -0.928. The topological polar surface area (TPSA) is 69.3 Å². The Balaban J connectivity index is 1.91. The normalized spacial score (nSPS) is 36.0. The van der Waals surface area contributed by atoms with Crippen molar-refractivity contribution < 1.29 is 14.3 Å². The van der Waals surface area contributed by atoms with Gasteiger partial charge in [0.1, 0.15) is 19.2 Å². The van der Waals surface area contributed by atoms with Gasteiger partial charge in [-0.2, -0.15) is 0 Å². The molecule has 2 N–H and O–H groups in total. The molecular formula is C16H20BN3O3. The Morgan fingerprint density at radius 2 is 2.26 bits per heavy atom. The van der Waals surface area contributed by atoms with E-state index >= 15 is 0 Å².